The third kappa shape index (κ3) is 4.83. The third-order valence-electron chi connectivity index (χ3n) is 5.06. The normalized spacial score (nSPS) is 11.3. The fourth-order valence-corrected chi connectivity index (χ4v) is 5.41. The largest absolute Gasteiger partial charge is 0.279 e. The molecule has 0 spiro atoms. The number of anilines is 1. The number of fused-ring (bicyclic) bond motifs is 1. The van der Waals surface area contributed by atoms with Gasteiger partial charge in [0.15, 0.2) is 5.13 Å². The molecule has 0 fully saturated rings. The van der Waals surface area contributed by atoms with Crippen LogP contribution < -0.4 is 4.90 Å². The van der Waals surface area contributed by atoms with E-state index in [0.717, 1.165) is 26.5 Å². The lowest BCUT2D eigenvalue weighted by Gasteiger charge is -2.20. The van der Waals surface area contributed by atoms with Gasteiger partial charge in [-0.15, -0.1) is 11.8 Å². The Labute approximate surface area is 192 Å². The van der Waals surface area contributed by atoms with Crippen LogP contribution >= 0.6 is 23.1 Å². The number of aryl methyl sites for hydroxylation is 2. The molecule has 1 amide bonds. The summed E-state index contributed by atoms with van der Waals surface area (Å²) in [7, 11) is 0. The summed E-state index contributed by atoms with van der Waals surface area (Å²) in [6.07, 6.45) is 0. The Morgan fingerprint density at radius 3 is 2.29 bits per heavy atom. The standard InChI is InChI=1S/C26H26N2OS2/c1-17(2)30-22-14-12-21(13-15-22)25(29)28(16-20-8-6-5-7-9-20)26-27-23-18(3)10-11-19(4)24(23)31-26/h5-15,17H,16H2,1-4H3. The highest BCUT2D eigenvalue weighted by atomic mass is 32.2. The third-order valence-corrected chi connectivity index (χ3v) is 7.29. The lowest BCUT2D eigenvalue weighted by Crippen LogP contribution is -2.30. The fourth-order valence-electron chi connectivity index (χ4n) is 3.46. The van der Waals surface area contributed by atoms with Gasteiger partial charge in [0.05, 0.1) is 16.8 Å². The molecule has 3 aromatic carbocycles. The van der Waals surface area contributed by atoms with E-state index in [2.05, 4.69) is 39.8 Å². The van der Waals surface area contributed by atoms with Crippen LogP contribution in [0, 0.1) is 13.8 Å². The Balaban J connectivity index is 1.73. The summed E-state index contributed by atoms with van der Waals surface area (Å²) in [4.78, 5) is 21.5. The number of carbonyl (C=O) groups excluding carboxylic acids is 1. The molecule has 5 heteroatoms. The minimum atomic E-state index is -0.0284. The highest BCUT2D eigenvalue weighted by Gasteiger charge is 2.22. The van der Waals surface area contributed by atoms with Gasteiger partial charge in [0, 0.05) is 15.7 Å². The topological polar surface area (TPSA) is 33.2 Å². The molecular formula is C26H26N2OS2. The van der Waals surface area contributed by atoms with Crippen molar-refractivity contribution in [3.8, 4) is 0 Å². The number of carbonyl (C=O) groups is 1. The first kappa shape index (κ1) is 21.6. The quantitative estimate of drug-likeness (QED) is 0.292. The Morgan fingerprint density at radius 2 is 1.65 bits per heavy atom. The first-order valence-electron chi connectivity index (χ1n) is 10.4. The number of nitrogens with zero attached hydrogens (tertiary/aromatic N) is 2. The van der Waals surface area contributed by atoms with Gasteiger partial charge in [-0.3, -0.25) is 9.69 Å². The molecule has 1 heterocycles. The second kappa shape index (κ2) is 9.25. The van der Waals surface area contributed by atoms with Gasteiger partial charge in [-0.2, -0.15) is 0 Å². The van der Waals surface area contributed by atoms with Gasteiger partial charge >= 0.3 is 0 Å². The van der Waals surface area contributed by atoms with Crippen molar-refractivity contribution in [2.24, 2.45) is 0 Å². The summed E-state index contributed by atoms with van der Waals surface area (Å²) in [5.41, 5.74) is 5.05. The van der Waals surface area contributed by atoms with E-state index < -0.39 is 0 Å². The predicted octanol–water partition coefficient (Wildman–Crippen LogP) is 7.26. The van der Waals surface area contributed by atoms with E-state index in [4.69, 9.17) is 4.98 Å². The molecule has 0 aliphatic heterocycles. The number of aromatic nitrogens is 1. The molecule has 4 rings (SSSR count). The monoisotopic (exact) mass is 446 g/mol. The smallest absolute Gasteiger partial charge is 0.260 e. The molecule has 158 valence electrons. The second-order valence-corrected chi connectivity index (χ2v) is 10.6. The molecule has 1 aromatic heterocycles. The van der Waals surface area contributed by atoms with Crippen molar-refractivity contribution in [2.75, 3.05) is 4.90 Å². The Bertz CT molecular complexity index is 1160. The van der Waals surface area contributed by atoms with E-state index in [1.807, 2.05) is 59.5 Å². The lowest BCUT2D eigenvalue weighted by molar-refractivity contribution is 0.0985. The maximum absolute atomic E-state index is 13.6. The molecule has 0 saturated carbocycles. The van der Waals surface area contributed by atoms with Crippen LogP contribution in [-0.4, -0.2) is 16.1 Å². The molecule has 0 bridgehead atoms. The van der Waals surface area contributed by atoms with E-state index >= 15 is 0 Å². The molecule has 0 aliphatic rings. The zero-order valence-electron chi connectivity index (χ0n) is 18.3. The average Bonchev–Trinajstić information content (AvgIpc) is 3.22. The first-order chi connectivity index (χ1) is 14.9. The Hall–Kier alpha value is -2.63. The summed E-state index contributed by atoms with van der Waals surface area (Å²) in [6, 6.07) is 22.2. The number of amides is 1. The van der Waals surface area contributed by atoms with Crippen LogP contribution in [0.3, 0.4) is 0 Å². The molecule has 0 radical (unpaired) electrons. The molecular weight excluding hydrogens is 420 g/mol. The van der Waals surface area contributed by atoms with E-state index in [-0.39, 0.29) is 5.91 Å². The van der Waals surface area contributed by atoms with Crippen molar-refractivity contribution in [1.29, 1.82) is 0 Å². The summed E-state index contributed by atoms with van der Waals surface area (Å²) in [5, 5.41) is 1.24. The summed E-state index contributed by atoms with van der Waals surface area (Å²) < 4.78 is 1.14. The van der Waals surface area contributed by atoms with E-state index in [1.165, 1.54) is 10.5 Å². The fraction of sp³-hybridized carbons (Fsp3) is 0.231. The van der Waals surface area contributed by atoms with Crippen LogP contribution in [0.5, 0.6) is 0 Å². The van der Waals surface area contributed by atoms with Crippen LogP contribution in [0.1, 0.15) is 40.9 Å². The molecule has 0 atom stereocenters. The number of rotatable bonds is 6. The molecule has 0 unspecified atom stereocenters. The molecule has 0 saturated heterocycles. The summed E-state index contributed by atoms with van der Waals surface area (Å²) in [6.45, 7) is 8.99. The molecule has 4 aromatic rings. The SMILES string of the molecule is Cc1ccc(C)c2sc(N(Cc3ccccc3)C(=O)c3ccc(SC(C)C)cc3)nc12. The van der Waals surface area contributed by atoms with Gasteiger partial charge in [0.1, 0.15) is 0 Å². The highest BCUT2D eigenvalue weighted by molar-refractivity contribution is 7.99. The average molecular weight is 447 g/mol. The number of thioether (sulfide) groups is 1. The summed E-state index contributed by atoms with van der Waals surface area (Å²) >= 11 is 3.39. The van der Waals surface area contributed by atoms with Crippen LogP contribution in [0.4, 0.5) is 5.13 Å². The predicted molar refractivity (Wildman–Crippen MR) is 133 cm³/mol. The van der Waals surface area contributed by atoms with Crippen LogP contribution in [-0.2, 0) is 6.54 Å². The zero-order valence-corrected chi connectivity index (χ0v) is 19.9. The molecule has 0 aliphatic carbocycles. The number of benzene rings is 3. The Kier molecular flexibility index (Phi) is 6.44. The maximum atomic E-state index is 13.6. The molecule has 31 heavy (non-hydrogen) atoms. The van der Waals surface area contributed by atoms with Gasteiger partial charge in [-0.25, -0.2) is 4.98 Å². The van der Waals surface area contributed by atoms with Gasteiger partial charge < -0.3 is 0 Å². The van der Waals surface area contributed by atoms with Crippen molar-refractivity contribution >= 4 is 44.4 Å². The van der Waals surface area contributed by atoms with Crippen molar-refractivity contribution in [1.82, 2.24) is 4.98 Å². The number of thiazole rings is 1. The van der Waals surface area contributed by atoms with Gasteiger partial charge in [0.25, 0.3) is 5.91 Å². The van der Waals surface area contributed by atoms with Gasteiger partial charge in [-0.05, 0) is 54.8 Å². The van der Waals surface area contributed by atoms with E-state index in [0.29, 0.717) is 17.4 Å². The second-order valence-electron chi connectivity index (χ2n) is 7.94. The van der Waals surface area contributed by atoms with E-state index in [9.17, 15) is 4.79 Å². The van der Waals surface area contributed by atoms with Crippen molar-refractivity contribution in [3.63, 3.8) is 0 Å². The molecule has 3 nitrogen and oxygen atoms in total. The zero-order chi connectivity index (χ0) is 22.0. The van der Waals surface area contributed by atoms with E-state index in [1.54, 1.807) is 23.1 Å². The van der Waals surface area contributed by atoms with Crippen molar-refractivity contribution < 1.29 is 4.79 Å². The Morgan fingerprint density at radius 1 is 0.968 bits per heavy atom. The van der Waals surface area contributed by atoms with Crippen molar-refractivity contribution in [3.05, 3.63) is 89.0 Å². The van der Waals surface area contributed by atoms with Crippen LogP contribution in [0.25, 0.3) is 10.2 Å². The maximum Gasteiger partial charge on any atom is 0.260 e. The minimum absolute atomic E-state index is 0.0284. The van der Waals surface area contributed by atoms with Crippen LogP contribution in [0.2, 0.25) is 0 Å². The van der Waals surface area contributed by atoms with Crippen LogP contribution in [0.15, 0.2) is 71.6 Å². The van der Waals surface area contributed by atoms with Gasteiger partial charge in [0.2, 0.25) is 0 Å². The molecule has 0 N–H and O–H groups in total. The number of hydrogen-bond acceptors (Lipinski definition) is 4. The first-order valence-corrected chi connectivity index (χ1v) is 12.1. The van der Waals surface area contributed by atoms with Crippen molar-refractivity contribution in [2.45, 2.75) is 44.4 Å². The minimum Gasteiger partial charge on any atom is -0.279 e. The number of hydrogen-bond donors (Lipinski definition) is 0. The summed E-state index contributed by atoms with van der Waals surface area (Å²) in [5.74, 6) is -0.0284. The highest BCUT2D eigenvalue weighted by Crippen LogP contribution is 2.34. The van der Waals surface area contributed by atoms with Gasteiger partial charge in [-0.1, -0.05) is 67.6 Å². The lowest BCUT2D eigenvalue weighted by atomic mass is 10.1.